The molecule has 8 aromatic carbocycles. The Morgan fingerprint density at radius 1 is 0.328 bits per heavy atom. The Bertz CT molecular complexity index is 3410. The summed E-state index contributed by atoms with van der Waals surface area (Å²) >= 11 is 0. The highest BCUT2D eigenvalue weighted by Crippen LogP contribution is 2.53. The van der Waals surface area contributed by atoms with Gasteiger partial charge in [0.05, 0.1) is 22.1 Å². The van der Waals surface area contributed by atoms with Gasteiger partial charge in [-0.05, 0) is 82.6 Å². The van der Waals surface area contributed by atoms with Gasteiger partial charge >= 0.3 is 0 Å². The van der Waals surface area contributed by atoms with E-state index in [1.807, 2.05) is 12.1 Å². The molecular formula is C56H46N2O3. The zero-order chi connectivity index (χ0) is 41.6. The Hall–Kier alpha value is -7.24. The number of para-hydroxylation sites is 4. The van der Waals surface area contributed by atoms with Gasteiger partial charge in [0.25, 0.3) is 0 Å². The van der Waals surface area contributed by atoms with E-state index >= 15 is 0 Å². The van der Waals surface area contributed by atoms with Gasteiger partial charge in [0.15, 0.2) is 5.58 Å². The molecule has 0 saturated heterocycles. The van der Waals surface area contributed by atoms with Gasteiger partial charge in [-0.25, -0.2) is 0 Å². The molecule has 0 aliphatic rings. The number of anilines is 6. The van der Waals surface area contributed by atoms with Crippen molar-refractivity contribution in [2.45, 2.75) is 52.4 Å². The van der Waals surface area contributed by atoms with Crippen molar-refractivity contribution in [3.8, 4) is 0 Å². The van der Waals surface area contributed by atoms with Crippen molar-refractivity contribution >= 4 is 99.9 Å². The first-order valence-electron chi connectivity index (χ1n) is 21.1. The summed E-state index contributed by atoms with van der Waals surface area (Å²) in [5.41, 5.74) is 13.2. The minimum absolute atomic E-state index is 0.0160. The van der Waals surface area contributed by atoms with E-state index in [0.29, 0.717) is 0 Å². The quantitative estimate of drug-likeness (QED) is 0.168. The summed E-state index contributed by atoms with van der Waals surface area (Å²) in [6.45, 7) is 13.5. The summed E-state index contributed by atoms with van der Waals surface area (Å²) < 4.78 is 21.2. The molecule has 5 nitrogen and oxygen atoms in total. The molecule has 0 N–H and O–H groups in total. The summed E-state index contributed by atoms with van der Waals surface area (Å²) in [7, 11) is 0. The van der Waals surface area contributed by atoms with Crippen LogP contribution in [0.15, 0.2) is 183 Å². The van der Waals surface area contributed by atoms with Gasteiger partial charge in [-0.2, -0.15) is 0 Å². The third kappa shape index (κ3) is 5.98. The highest BCUT2D eigenvalue weighted by Gasteiger charge is 2.29. The molecule has 11 rings (SSSR count). The maximum atomic E-state index is 7.18. The zero-order valence-electron chi connectivity index (χ0n) is 35.3. The molecule has 61 heavy (non-hydrogen) atoms. The van der Waals surface area contributed by atoms with E-state index in [-0.39, 0.29) is 10.8 Å². The fourth-order valence-electron chi connectivity index (χ4n) is 9.05. The van der Waals surface area contributed by atoms with Crippen LogP contribution < -0.4 is 9.80 Å². The lowest BCUT2D eigenvalue weighted by Gasteiger charge is -2.27. The molecule has 0 unspecified atom stereocenters. The van der Waals surface area contributed by atoms with Crippen molar-refractivity contribution in [3.63, 3.8) is 0 Å². The lowest BCUT2D eigenvalue weighted by Crippen LogP contribution is -2.13. The molecule has 0 saturated carbocycles. The van der Waals surface area contributed by atoms with Gasteiger partial charge in [0.2, 0.25) is 0 Å². The smallest absolute Gasteiger partial charge is 0.160 e. The number of hydrogen-bond acceptors (Lipinski definition) is 5. The summed E-state index contributed by atoms with van der Waals surface area (Å²) in [5, 5.41) is 5.94. The number of hydrogen-bond donors (Lipinski definition) is 0. The molecule has 0 radical (unpaired) electrons. The molecule has 3 aromatic heterocycles. The number of fused-ring (bicyclic) bond motifs is 11. The Balaban J connectivity index is 1.25. The second kappa shape index (κ2) is 13.7. The zero-order valence-corrected chi connectivity index (χ0v) is 35.3. The molecule has 298 valence electrons. The van der Waals surface area contributed by atoms with Crippen LogP contribution in [0.2, 0.25) is 0 Å². The number of nitrogens with zero attached hydrogens (tertiary/aromatic N) is 2. The molecule has 0 aliphatic heterocycles. The van der Waals surface area contributed by atoms with E-state index < -0.39 is 0 Å². The first kappa shape index (κ1) is 36.8. The van der Waals surface area contributed by atoms with Crippen LogP contribution in [0, 0.1) is 0 Å². The van der Waals surface area contributed by atoms with Crippen LogP contribution >= 0.6 is 0 Å². The SMILES string of the molecule is CC(C)(C)c1ccc(N(c2ccccc2)c2cc3oc4cc(N(c5ccccc5)c5ccc(C(C)(C)C)cc5)c5c6ccccc6oc5c4c3c3c2oc2ccccc23)cc1. The van der Waals surface area contributed by atoms with Crippen LogP contribution in [-0.4, -0.2) is 0 Å². The van der Waals surface area contributed by atoms with Crippen LogP contribution in [0.3, 0.4) is 0 Å². The molecule has 0 amide bonds. The van der Waals surface area contributed by atoms with Crippen molar-refractivity contribution in [1.82, 2.24) is 0 Å². The summed E-state index contributed by atoms with van der Waals surface area (Å²) in [5.74, 6) is 0. The third-order valence-corrected chi connectivity index (χ3v) is 12.1. The highest BCUT2D eigenvalue weighted by molar-refractivity contribution is 6.35. The lowest BCUT2D eigenvalue weighted by molar-refractivity contribution is 0.590. The summed E-state index contributed by atoms with van der Waals surface area (Å²) in [6, 6.07) is 59.9. The second-order valence-corrected chi connectivity index (χ2v) is 18.2. The van der Waals surface area contributed by atoms with Crippen LogP contribution in [0.25, 0.3) is 65.8 Å². The average Bonchev–Trinajstić information content (AvgIpc) is 3.96. The third-order valence-electron chi connectivity index (χ3n) is 12.1. The second-order valence-electron chi connectivity index (χ2n) is 18.2. The van der Waals surface area contributed by atoms with Crippen molar-refractivity contribution in [3.05, 3.63) is 181 Å². The molecule has 0 spiro atoms. The lowest BCUT2D eigenvalue weighted by atomic mass is 9.87. The predicted molar refractivity (Wildman–Crippen MR) is 255 cm³/mol. The fraction of sp³-hybridized carbons (Fsp3) is 0.143. The number of rotatable bonds is 6. The van der Waals surface area contributed by atoms with Crippen LogP contribution in [0.5, 0.6) is 0 Å². The minimum atomic E-state index is 0.0160. The van der Waals surface area contributed by atoms with Gasteiger partial charge in [0.1, 0.15) is 27.9 Å². The average molecular weight is 795 g/mol. The first-order valence-corrected chi connectivity index (χ1v) is 21.1. The van der Waals surface area contributed by atoms with E-state index in [2.05, 4.69) is 209 Å². The van der Waals surface area contributed by atoms with Gasteiger partial charge in [-0.15, -0.1) is 0 Å². The Morgan fingerprint density at radius 3 is 1.26 bits per heavy atom. The van der Waals surface area contributed by atoms with Crippen LogP contribution in [0.1, 0.15) is 52.7 Å². The highest BCUT2D eigenvalue weighted by atomic mass is 16.3. The Kier molecular flexibility index (Phi) is 8.24. The maximum absolute atomic E-state index is 7.18. The van der Waals surface area contributed by atoms with Gasteiger partial charge in [-0.3, -0.25) is 0 Å². The topological polar surface area (TPSA) is 45.9 Å². The van der Waals surface area contributed by atoms with Crippen molar-refractivity contribution < 1.29 is 13.3 Å². The van der Waals surface area contributed by atoms with Crippen LogP contribution in [-0.2, 0) is 10.8 Å². The monoisotopic (exact) mass is 794 g/mol. The molecule has 0 aliphatic carbocycles. The molecule has 0 bridgehead atoms. The number of benzene rings is 8. The normalized spacial score (nSPS) is 12.4. The van der Waals surface area contributed by atoms with Gasteiger partial charge < -0.3 is 23.1 Å². The predicted octanol–water partition coefficient (Wildman–Crippen LogP) is 16.9. The molecule has 3 heterocycles. The molecular weight excluding hydrogens is 749 g/mol. The van der Waals surface area contributed by atoms with Gasteiger partial charge in [0, 0.05) is 56.4 Å². The van der Waals surface area contributed by atoms with Crippen LogP contribution in [0.4, 0.5) is 34.1 Å². The standard InChI is InChI=1S/C56H46N2O3/c1-55(2,3)35-25-29-39(30-26-35)57(37-17-9-7-10-18-37)43-33-48-52(54-49(43)41-21-13-15-23-45(41)61-54)51-47(59-48)34-44(53-50(51)42-22-14-16-24-46(42)60-53)58(38-19-11-8-12-20-38)40-31-27-36(28-32-40)56(4,5)6/h7-34H,1-6H3. The van der Waals surface area contributed by atoms with E-state index in [4.69, 9.17) is 13.3 Å². The van der Waals surface area contributed by atoms with Gasteiger partial charge in [-0.1, -0.05) is 139 Å². The first-order chi connectivity index (χ1) is 29.5. The van der Waals surface area contributed by atoms with E-state index in [1.165, 1.54) is 11.1 Å². The fourth-order valence-corrected chi connectivity index (χ4v) is 9.05. The molecule has 0 atom stereocenters. The molecule has 5 heteroatoms. The van der Waals surface area contributed by atoms with E-state index in [0.717, 1.165) is 99.9 Å². The molecule has 11 aromatic rings. The van der Waals surface area contributed by atoms with Crippen molar-refractivity contribution in [1.29, 1.82) is 0 Å². The van der Waals surface area contributed by atoms with Crippen molar-refractivity contribution in [2.75, 3.05) is 9.80 Å². The Morgan fingerprint density at radius 2 is 0.738 bits per heavy atom. The summed E-state index contributed by atoms with van der Waals surface area (Å²) in [6.07, 6.45) is 0. The summed E-state index contributed by atoms with van der Waals surface area (Å²) in [4.78, 5) is 4.61. The van der Waals surface area contributed by atoms with Crippen molar-refractivity contribution in [2.24, 2.45) is 0 Å². The largest absolute Gasteiger partial charge is 0.456 e. The molecule has 0 fully saturated rings. The maximum Gasteiger partial charge on any atom is 0.160 e. The Labute approximate surface area is 355 Å². The van der Waals surface area contributed by atoms with E-state index in [1.54, 1.807) is 0 Å². The number of furan rings is 3. The van der Waals surface area contributed by atoms with E-state index in [9.17, 15) is 0 Å². The minimum Gasteiger partial charge on any atom is -0.456 e.